The van der Waals surface area contributed by atoms with Crippen molar-refractivity contribution in [1.29, 1.82) is 0 Å². The first kappa shape index (κ1) is 13.0. The maximum Gasteiger partial charge on any atom is 0.120 e. The summed E-state index contributed by atoms with van der Waals surface area (Å²) in [5.74, 6) is 0.938. The van der Waals surface area contributed by atoms with E-state index >= 15 is 0 Å². The van der Waals surface area contributed by atoms with Gasteiger partial charge >= 0.3 is 0 Å². The van der Waals surface area contributed by atoms with Gasteiger partial charge < -0.3 is 15.8 Å². The minimum atomic E-state index is 0.223. The van der Waals surface area contributed by atoms with Gasteiger partial charge in [-0.05, 0) is 51.1 Å². The van der Waals surface area contributed by atoms with Crippen molar-refractivity contribution in [3.8, 4) is 5.75 Å². The second-order valence-corrected chi connectivity index (χ2v) is 4.13. The summed E-state index contributed by atoms with van der Waals surface area (Å²) in [7, 11) is 0. The lowest BCUT2D eigenvalue weighted by molar-refractivity contribution is 0.242. The van der Waals surface area contributed by atoms with E-state index in [9.17, 15) is 0 Å². The fourth-order valence-corrected chi connectivity index (χ4v) is 1.46. The van der Waals surface area contributed by atoms with Gasteiger partial charge in [-0.2, -0.15) is 0 Å². The number of hydrogen-bond donors (Lipinski definition) is 2. The molecule has 0 bridgehead atoms. The van der Waals surface area contributed by atoms with Crippen LogP contribution in [0.4, 0.5) is 0 Å². The molecule has 0 heterocycles. The van der Waals surface area contributed by atoms with Crippen LogP contribution in [0.25, 0.3) is 0 Å². The average molecular weight is 222 g/mol. The highest BCUT2D eigenvalue weighted by molar-refractivity contribution is 5.28. The van der Waals surface area contributed by atoms with Crippen molar-refractivity contribution in [2.45, 2.75) is 32.9 Å². The monoisotopic (exact) mass is 222 g/mol. The van der Waals surface area contributed by atoms with Crippen molar-refractivity contribution < 1.29 is 4.74 Å². The number of benzene rings is 1. The predicted octanol–water partition coefficient (Wildman–Crippen LogP) is 1.91. The molecule has 0 saturated heterocycles. The lowest BCUT2D eigenvalue weighted by Crippen LogP contribution is -2.17. The molecule has 0 unspecified atom stereocenters. The zero-order valence-electron chi connectivity index (χ0n) is 10.2. The highest BCUT2D eigenvalue weighted by Crippen LogP contribution is 2.14. The Balaban J connectivity index is 2.41. The van der Waals surface area contributed by atoms with Crippen LogP contribution in [0.3, 0.4) is 0 Å². The third kappa shape index (κ3) is 5.14. The first-order valence-corrected chi connectivity index (χ1v) is 5.88. The summed E-state index contributed by atoms with van der Waals surface area (Å²) in [6.45, 7) is 6.64. The molecule has 1 aromatic carbocycles. The number of ether oxygens (including phenoxy) is 1. The molecule has 1 aromatic rings. The van der Waals surface area contributed by atoms with Gasteiger partial charge in [0.2, 0.25) is 0 Å². The van der Waals surface area contributed by atoms with Gasteiger partial charge in [0, 0.05) is 6.54 Å². The number of nitrogens with one attached hydrogen (secondary N) is 1. The van der Waals surface area contributed by atoms with Gasteiger partial charge in [-0.1, -0.05) is 12.1 Å². The van der Waals surface area contributed by atoms with Crippen molar-refractivity contribution in [3.63, 3.8) is 0 Å². The van der Waals surface area contributed by atoms with E-state index in [0.29, 0.717) is 0 Å². The number of rotatable bonds is 7. The molecule has 0 spiro atoms. The fraction of sp³-hybridized carbons (Fsp3) is 0.538. The van der Waals surface area contributed by atoms with Crippen molar-refractivity contribution >= 4 is 0 Å². The molecule has 0 fully saturated rings. The number of hydrogen-bond acceptors (Lipinski definition) is 3. The van der Waals surface area contributed by atoms with Crippen LogP contribution in [0.5, 0.6) is 5.75 Å². The molecular formula is C13H22N2O. The summed E-state index contributed by atoms with van der Waals surface area (Å²) in [6.07, 6.45) is 1.24. The van der Waals surface area contributed by atoms with Crippen LogP contribution in [0.15, 0.2) is 24.3 Å². The third-order valence-corrected chi connectivity index (χ3v) is 2.16. The van der Waals surface area contributed by atoms with Crippen molar-refractivity contribution in [2.24, 2.45) is 5.73 Å². The second-order valence-electron chi connectivity index (χ2n) is 4.13. The van der Waals surface area contributed by atoms with E-state index in [2.05, 4.69) is 17.4 Å². The fourth-order valence-electron chi connectivity index (χ4n) is 1.46. The van der Waals surface area contributed by atoms with E-state index in [1.807, 2.05) is 26.0 Å². The maximum atomic E-state index is 5.63. The van der Waals surface area contributed by atoms with Crippen LogP contribution in [0.1, 0.15) is 25.8 Å². The molecule has 0 amide bonds. The Labute approximate surface area is 98.0 Å². The first-order valence-electron chi connectivity index (χ1n) is 5.88. The van der Waals surface area contributed by atoms with Gasteiger partial charge in [0.05, 0.1) is 6.10 Å². The summed E-state index contributed by atoms with van der Waals surface area (Å²) in [6, 6.07) is 8.19. The minimum Gasteiger partial charge on any atom is -0.491 e. The summed E-state index contributed by atoms with van der Waals surface area (Å²) in [4.78, 5) is 0. The summed E-state index contributed by atoms with van der Waals surface area (Å²) >= 11 is 0. The molecule has 3 heteroatoms. The van der Waals surface area contributed by atoms with Gasteiger partial charge in [-0.15, -0.1) is 0 Å². The largest absolute Gasteiger partial charge is 0.491 e. The van der Waals surface area contributed by atoms with Crippen LogP contribution < -0.4 is 15.8 Å². The molecule has 0 aromatic heterocycles. The van der Waals surface area contributed by atoms with Crippen LogP contribution in [-0.2, 0) is 6.54 Å². The molecule has 0 saturated carbocycles. The van der Waals surface area contributed by atoms with Gasteiger partial charge in [0.1, 0.15) is 5.75 Å². The van der Waals surface area contributed by atoms with Crippen molar-refractivity contribution in [3.05, 3.63) is 29.8 Å². The Morgan fingerprint density at radius 2 is 2.19 bits per heavy atom. The van der Waals surface area contributed by atoms with Crippen molar-refractivity contribution in [2.75, 3.05) is 13.1 Å². The average Bonchev–Trinajstić information content (AvgIpc) is 2.24. The SMILES string of the molecule is CC(C)Oc1cccc(CNCCCN)c1. The summed E-state index contributed by atoms with van der Waals surface area (Å²) in [5, 5.41) is 3.35. The molecule has 3 N–H and O–H groups in total. The molecule has 0 radical (unpaired) electrons. The Kier molecular flexibility index (Phi) is 5.90. The van der Waals surface area contributed by atoms with Crippen LogP contribution in [0.2, 0.25) is 0 Å². The van der Waals surface area contributed by atoms with Crippen LogP contribution >= 0.6 is 0 Å². The predicted molar refractivity (Wildman–Crippen MR) is 67.6 cm³/mol. The third-order valence-electron chi connectivity index (χ3n) is 2.16. The molecule has 0 aliphatic carbocycles. The molecule has 16 heavy (non-hydrogen) atoms. The summed E-state index contributed by atoms with van der Waals surface area (Å²) in [5.41, 5.74) is 6.67. The molecule has 0 atom stereocenters. The zero-order chi connectivity index (χ0) is 11.8. The molecule has 3 nitrogen and oxygen atoms in total. The van der Waals surface area contributed by atoms with Crippen molar-refractivity contribution in [1.82, 2.24) is 5.32 Å². The zero-order valence-corrected chi connectivity index (χ0v) is 10.2. The smallest absolute Gasteiger partial charge is 0.120 e. The molecular weight excluding hydrogens is 200 g/mol. The minimum absolute atomic E-state index is 0.223. The quantitative estimate of drug-likeness (QED) is 0.693. The van der Waals surface area contributed by atoms with E-state index < -0.39 is 0 Å². The van der Waals surface area contributed by atoms with E-state index in [0.717, 1.165) is 31.8 Å². The Hall–Kier alpha value is -1.06. The first-order chi connectivity index (χ1) is 7.72. The lowest BCUT2D eigenvalue weighted by Gasteiger charge is -2.11. The van der Waals surface area contributed by atoms with Crippen LogP contribution in [0, 0.1) is 0 Å². The summed E-state index contributed by atoms with van der Waals surface area (Å²) < 4.78 is 5.63. The van der Waals surface area contributed by atoms with E-state index in [4.69, 9.17) is 10.5 Å². The second kappa shape index (κ2) is 7.25. The van der Waals surface area contributed by atoms with E-state index in [1.54, 1.807) is 0 Å². The van der Waals surface area contributed by atoms with Crippen LogP contribution in [-0.4, -0.2) is 19.2 Å². The van der Waals surface area contributed by atoms with E-state index in [1.165, 1.54) is 5.56 Å². The topological polar surface area (TPSA) is 47.3 Å². The molecule has 0 aliphatic heterocycles. The Bertz CT molecular complexity index is 300. The highest BCUT2D eigenvalue weighted by atomic mass is 16.5. The van der Waals surface area contributed by atoms with Gasteiger partial charge in [-0.25, -0.2) is 0 Å². The van der Waals surface area contributed by atoms with Gasteiger partial charge in [0.15, 0.2) is 0 Å². The van der Waals surface area contributed by atoms with Gasteiger partial charge in [0.25, 0.3) is 0 Å². The Morgan fingerprint density at radius 1 is 1.38 bits per heavy atom. The maximum absolute atomic E-state index is 5.63. The van der Waals surface area contributed by atoms with Gasteiger partial charge in [-0.3, -0.25) is 0 Å². The normalized spacial score (nSPS) is 10.8. The molecule has 90 valence electrons. The number of nitrogens with two attached hydrogens (primary N) is 1. The molecule has 1 rings (SSSR count). The Morgan fingerprint density at radius 3 is 2.88 bits per heavy atom. The lowest BCUT2D eigenvalue weighted by atomic mass is 10.2. The highest BCUT2D eigenvalue weighted by Gasteiger charge is 1.99. The molecule has 0 aliphatic rings. The standard InChI is InChI=1S/C13H22N2O/c1-11(2)16-13-6-3-5-12(9-13)10-15-8-4-7-14/h3,5-6,9,11,15H,4,7-8,10,14H2,1-2H3. The van der Waals surface area contributed by atoms with E-state index in [-0.39, 0.29) is 6.10 Å².